The Morgan fingerprint density at radius 2 is 2.11 bits per heavy atom. The van der Waals surface area contributed by atoms with Gasteiger partial charge in [-0.05, 0) is 91.9 Å². The summed E-state index contributed by atoms with van der Waals surface area (Å²) in [5.74, 6) is 0.620. The molecule has 1 aliphatic heterocycles. The van der Waals surface area contributed by atoms with Crippen LogP contribution in [0, 0.1) is 18.3 Å². The molecular formula is C29H26N4O2S. The predicted octanol–water partition coefficient (Wildman–Crippen LogP) is 5.30. The van der Waals surface area contributed by atoms with E-state index in [9.17, 15) is 10.1 Å². The minimum Gasteiger partial charge on any atom is -0.492 e. The molecule has 1 atom stereocenters. The summed E-state index contributed by atoms with van der Waals surface area (Å²) in [6, 6.07) is 20.4. The number of thiophene rings is 1. The Morgan fingerprint density at radius 3 is 2.83 bits per heavy atom. The zero-order valence-electron chi connectivity index (χ0n) is 20.0. The average Bonchev–Trinajstić information content (AvgIpc) is 3.47. The van der Waals surface area contributed by atoms with Gasteiger partial charge in [0.25, 0.3) is 5.91 Å². The van der Waals surface area contributed by atoms with Crippen LogP contribution in [0.15, 0.2) is 60.8 Å². The van der Waals surface area contributed by atoms with E-state index in [1.165, 1.54) is 11.3 Å². The summed E-state index contributed by atoms with van der Waals surface area (Å²) in [6.45, 7) is 3.60. The van der Waals surface area contributed by atoms with Gasteiger partial charge in [-0.15, -0.1) is 11.3 Å². The van der Waals surface area contributed by atoms with Crippen LogP contribution in [-0.2, 0) is 5.54 Å². The molecule has 2 N–H and O–H groups in total. The molecule has 2 aromatic heterocycles. The second-order valence-electron chi connectivity index (χ2n) is 9.63. The number of aryl methyl sites for hydroxylation is 1. The monoisotopic (exact) mass is 494 g/mol. The summed E-state index contributed by atoms with van der Waals surface area (Å²) in [5, 5.41) is 17.0. The smallest absolute Gasteiger partial charge is 0.252 e. The molecule has 2 aromatic carbocycles. The van der Waals surface area contributed by atoms with E-state index in [2.05, 4.69) is 39.9 Å². The number of amides is 1. The summed E-state index contributed by atoms with van der Waals surface area (Å²) in [6.07, 6.45) is 4.63. The van der Waals surface area contributed by atoms with E-state index >= 15 is 0 Å². The van der Waals surface area contributed by atoms with Gasteiger partial charge in [0, 0.05) is 28.1 Å². The summed E-state index contributed by atoms with van der Waals surface area (Å²) >= 11 is 1.47. The van der Waals surface area contributed by atoms with Crippen molar-refractivity contribution in [2.24, 2.45) is 0 Å². The van der Waals surface area contributed by atoms with E-state index in [4.69, 9.17) is 4.74 Å². The molecule has 0 bridgehead atoms. The van der Waals surface area contributed by atoms with Gasteiger partial charge in [0.15, 0.2) is 0 Å². The van der Waals surface area contributed by atoms with Gasteiger partial charge in [-0.25, -0.2) is 0 Å². The number of hydrogen-bond acceptors (Lipinski definition) is 6. The number of nitriles is 1. The number of benzene rings is 2. The van der Waals surface area contributed by atoms with Crippen LogP contribution in [0.3, 0.4) is 0 Å². The molecule has 2 aliphatic rings. The van der Waals surface area contributed by atoms with Crippen molar-refractivity contribution in [3.8, 4) is 22.3 Å². The van der Waals surface area contributed by atoms with Gasteiger partial charge in [-0.3, -0.25) is 9.78 Å². The molecule has 36 heavy (non-hydrogen) atoms. The Labute approximate surface area is 213 Å². The molecule has 180 valence electrons. The van der Waals surface area contributed by atoms with Gasteiger partial charge in [0.1, 0.15) is 23.3 Å². The second-order valence-corrected chi connectivity index (χ2v) is 10.7. The SMILES string of the molecule is Cc1ccc(OC[C@@H]2CCN2)cc1C(=O)NC1(c2cc(-c3ccc(C#N)s3)cc3ncccc23)CC1. The maximum atomic E-state index is 13.6. The molecule has 0 radical (unpaired) electrons. The lowest BCUT2D eigenvalue weighted by Crippen LogP contribution is -2.46. The molecule has 1 saturated carbocycles. The highest BCUT2D eigenvalue weighted by atomic mass is 32.1. The zero-order chi connectivity index (χ0) is 24.7. The molecule has 3 heterocycles. The van der Waals surface area contributed by atoms with Crippen LogP contribution < -0.4 is 15.4 Å². The van der Waals surface area contributed by atoms with Crippen molar-refractivity contribution in [3.63, 3.8) is 0 Å². The van der Waals surface area contributed by atoms with Crippen molar-refractivity contribution in [2.45, 2.75) is 37.8 Å². The van der Waals surface area contributed by atoms with Crippen LogP contribution in [0.4, 0.5) is 0 Å². The maximum Gasteiger partial charge on any atom is 0.252 e. The molecule has 2 fully saturated rings. The normalized spacial score (nSPS) is 17.7. The van der Waals surface area contributed by atoms with Gasteiger partial charge >= 0.3 is 0 Å². The summed E-state index contributed by atoms with van der Waals surface area (Å²) in [5.41, 5.74) is 4.08. The highest BCUT2D eigenvalue weighted by Gasteiger charge is 2.47. The number of carbonyl (C=O) groups excluding carboxylic acids is 1. The standard InChI is InChI=1S/C29H26N4O2S/c1-18-4-5-21(35-17-20-8-12-31-20)15-24(18)28(34)33-29(9-10-29)25-13-19(27-7-6-22(16-30)36-27)14-26-23(25)3-2-11-32-26/h2-7,11,13-15,20,31H,8-10,12,17H2,1H3,(H,33,34)/t20-/m0/s1. The first-order valence-electron chi connectivity index (χ1n) is 12.2. The average molecular weight is 495 g/mol. The van der Waals surface area contributed by atoms with Crippen LogP contribution in [0.1, 0.15) is 45.6 Å². The molecule has 6 rings (SSSR count). The Kier molecular flexibility index (Phi) is 5.71. The fourth-order valence-corrected chi connectivity index (χ4v) is 5.56. The van der Waals surface area contributed by atoms with Gasteiger partial charge < -0.3 is 15.4 Å². The van der Waals surface area contributed by atoms with E-state index in [0.29, 0.717) is 28.8 Å². The van der Waals surface area contributed by atoms with Gasteiger partial charge in [0.2, 0.25) is 0 Å². The van der Waals surface area contributed by atoms with Crippen LogP contribution in [0.5, 0.6) is 5.75 Å². The molecule has 0 spiro atoms. The van der Waals surface area contributed by atoms with Crippen LogP contribution >= 0.6 is 11.3 Å². The number of ether oxygens (including phenoxy) is 1. The summed E-state index contributed by atoms with van der Waals surface area (Å²) in [7, 11) is 0. The van der Waals surface area contributed by atoms with Crippen LogP contribution in [0.2, 0.25) is 0 Å². The topological polar surface area (TPSA) is 87.0 Å². The lowest BCUT2D eigenvalue weighted by Gasteiger charge is -2.27. The summed E-state index contributed by atoms with van der Waals surface area (Å²) in [4.78, 5) is 19.9. The van der Waals surface area contributed by atoms with Crippen molar-refractivity contribution < 1.29 is 9.53 Å². The molecule has 6 nitrogen and oxygen atoms in total. The zero-order valence-corrected chi connectivity index (χ0v) is 20.8. The molecule has 7 heteroatoms. The highest BCUT2D eigenvalue weighted by molar-refractivity contribution is 7.16. The van der Waals surface area contributed by atoms with Gasteiger partial charge in [-0.2, -0.15) is 5.26 Å². The predicted molar refractivity (Wildman–Crippen MR) is 141 cm³/mol. The largest absolute Gasteiger partial charge is 0.492 e. The Morgan fingerprint density at radius 1 is 1.25 bits per heavy atom. The van der Waals surface area contributed by atoms with Gasteiger partial charge in [0.05, 0.1) is 11.1 Å². The van der Waals surface area contributed by atoms with E-state index in [0.717, 1.165) is 58.3 Å². The number of nitrogens with one attached hydrogen (secondary N) is 2. The number of hydrogen-bond donors (Lipinski definition) is 2. The Bertz CT molecular complexity index is 1510. The molecule has 0 unspecified atom stereocenters. The fraction of sp³-hybridized carbons (Fsp3) is 0.276. The number of aromatic nitrogens is 1. The second kappa shape index (κ2) is 9.05. The molecule has 4 aromatic rings. The Balaban J connectivity index is 1.32. The lowest BCUT2D eigenvalue weighted by atomic mass is 9.95. The van der Waals surface area contributed by atoms with Gasteiger partial charge in [-0.1, -0.05) is 12.1 Å². The number of nitrogens with zero attached hydrogens (tertiary/aromatic N) is 2. The fourth-order valence-electron chi connectivity index (χ4n) is 4.77. The quantitative estimate of drug-likeness (QED) is 0.364. The van der Waals surface area contributed by atoms with E-state index in [1.807, 2.05) is 43.3 Å². The number of pyridine rings is 1. The van der Waals surface area contributed by atoms with Crippen molar-refractivity contribution in [1.29, 1.82) is 5.26 Å². The first-order valence-corrected chi connectivity index (χ1v) is 13.1. The molecule has 1 amide bonds. The number of fused-ring (bicyclic) bond motifs is 1. The van der Waals surface area contributed by atoms with Crippen molar-refractivity contribution >= 4 is 28.1 Å². The molecular weight excluding hydrogens is 468 g/mol. The first-order chi connectivity index (χ1) is 17.5. The van der Waals surface area contributed by atoms with E-state index in [1.54, 1.807) is 6.20 Å². The van der Waals surface area contributed by atoms with Crippen LogP contribution in [-0.4, -0.2) is 30.1 Å². The third-order valence-corrected chi connectivity index (χ3v) is 8.21. The minimum absolute atomic E-state index is 0.0949. The van der Waals surface area contributed by atoms with E-state index < -0.39 is 5.54 Å². The first kappa shape index (κ1) is 22.7. The molecule has 1 aliphatic carbocycles. The lowest BCUT2D eigenvalue weighted by molar-refractivity contribution is 0.0930. The van der Waals surface area contributed by atoms with E-state index in [-0.39, 0.29) is 5.91 Å². The number of rotatable bonds is 7. The highest BCUT2D eigenvalue weighted by Crippen LogP contribution is 2.49. The van der Waals surface area contributed by atoms with Crippen molar-refractivity contribution in [2.75, 3.05) is 13.2 Å². The maximum absolute atomic E-state index is 13.6. The van der Waals surface area contributed by atoms with Crippen LogP contribution in [0.25, 0.3) is 21.3 Å². The van der Waals surface area contributed by atoms with Crippen molar-refractivity contribution in [1.82, 2.24) is 15.6 Å². The number of carbonyl (C=O) groups is 1. The van der Waals surface area contributed by atoms with Crippen molar-refractivity contribution in [3.05, 3.63) is 82.4 Å². The molecule has 1 saturated heterocycles. The Hall–Kier alpha value is -3.73. The third kappa shape index (κ3) is 4.23. The third-order valence-electron chi connectivity index (χ3n) is 7.17. The minimum atomic E-state index is -0.442. The summed E-state index contributed by atoms with van der Waals surface area (Å²) < 4.78 is 5.95.